The van der Waals surface area contributed by atoms with Crippen LogP contribution in [-0.2, 0) is 20.6 Å². The van der Waals surface area contributed by atoms with E-state index in [1.54, 1.807) is 12.1 Å². The SMILES string of the molecule is C[C@@H]1c2ccccc2O[C@@H]1C(=O)NS(=O)(=O)Cc1ccon1. The number of para-hydroxylation sites is 1. The van der Waals surface area contributed by atoms with Gasteiger partial charge in [-0.15, -0.1) is 0 Å². The number of sulfonamides is 1. The summed E-state index contributed by atoms with van der Waals surface area (Å²) >= 11 is 0. The zero-order valence-corrected chi connectivity index (χ0v) is 12.5. The molecule has 1 aliphatic rings. The van der Waals surface area contributed by atoms with Gasteiger partial charge in [-0.05, 0) is 6.07 Å². The van der Waals surface area contributed by atoms with Gasteiger partial charge in [0.25, 0.3) is 5.91 Å². The van der Waals surface area contributed by atoms with Crippen LogP contribution in [0.15, 0.2) is 41.1 Å². The minimum absolute atomic E-state index is 0.224. The maximum absolute atomic E-state index is 12.2. The van der Waals surface area contributed by atoms with Crippen LogP contribution in [0.2, 0.25) is 0 Å². The molecule has 1 N–H and O–H groups in total. The molecule has 22 heavy (non-hydrogen) atoms. The zero-order valence-electron chi connectivity index (χ0n) is 11.7. The molecular formula is C14H14N2O5S. The Balaban J connectivity index is 1.71. The minimum atomic E-state index is -3.85. The van der Waals surface area contributed by atoms with Crippen LogP contribution in [0, 0.1) is 0 Å². The Morgan fingerprint density at radius 3 is 2.77 bits per heavy atom. The fourth-order valence-corrected chi connectivity index (χ4v) is 3.43. The van der Waals surface area contributed by atoms with Crippen LogP contribution in [-0.4, -0.2) is 25.6 Å². The van der Waals surface area contributed by atoms with Gasteiger partial charge in [-0.3, -0.25) is 4.79 Å². The zero-order chi connectivity index (χ0) is 15.7. The van der Waals surface area contributed by atoms with E-state index >= 15 is 0 Å². The van der Waals surface area contributed by atoms with E-state index < -0.39 is 27.8 Å². The summed E-state index contributed by atoms with van der Waals surface area (Å²) in [6.07, 6.45) is 0.398. The third-order valence-electron chi connectivity index (χ3n) is 3.46. The van der Waals surface area contributed by atoms with Crippen LogP contribution in [0.5, 0.6) is 5.75 Å². The molecule has 0 spiro atoms. The number of hydrogen-bond donors (Lipinski definition) is 1. The van der Waals surface area contributed by atoms with Crippen LogP contribution in [0.4, 0.5) is 0 Å². The van der Waals surface area contributed by atoms with Gasteiger partial charge in [-0.25, -0.2) is 13.1 Å². The van der Waals surface area contributed by atoms with Gasteiger partial charge in [-0.2, -0.15) is 0 Å². The molecule has 0 bridgehead atoms. The standard InChI is InChI=1S/C14H14N2O5S/c1-9-11-4-2-3-5-12(11)21-13(9)14(17)16-22(18,19)8-10-6-7-20-15-10/h2-7,9,13H,8H2,1H3,(H,16,17)/t9-,13+/m1/s1. The van der Waals surface area contributed by atoms with E-state index in [9.17, 15) is 13.2 Å². The van der Waals surface area contributed by atoms with E-state index in [1.165, 1.54) is 12.3 Å². The van der Waals surface area contributed by atoms with Gasteiger partial charge in [-0.1, -0.05) is 30.3 Å². The molecule has 2 heterocycles. The highest BCUT2D eigenvalue weighted by molar-refractivity contribution is 7.89. The number of amides is 1. The smallest absolute Gasteiger partial charge is 0.275 e. The van der Waals surface area contributed by atoms with Crippen LogP contribution in [0.25, 0.3) is 0 Å². The van der Waals surface area contributed by atoms with Crippen molar-refractivity contribution in [1.29, 1.82) is 0 Å². The maximum Gasteiger partial charge on any atom is 0.275 e. The highest BCUT2D eigenvalue weighted by Crippen LogP contribution is 2.37. The second kappa shape index (κ2) is 5.45. The molecule has 1 amide bonds. The van der Waals surface area contributed by atoms with Crippen molar-refractivity contribution in [2.75, 3.05) is 0 Å². The molecule has 8 heteroatoms. The molecule has 116 valence electrons. The Morgan fingerprint density at radius 2 is 2.09 bits per heavy atom. The molecule has 1 aromatic heterocycles. The van der Waals surface area contributed by atoms with Crippen LogP contribution < -0.4 is 9.46 Å². The van der Waals surface area contributed by atoms with Crippen molar-refractivity contribution in [3.63, 3.8) is 0 Å². The summed E-state index contributed by atoms with van der Waals surface area (Å²) in [5, 5.41) is 3.52. The van der Waals surface area contributed by atoms with Gasteiger partial charge in [0.15, 0.2) is 6.10 Å². The Labute approximate surface area is 127 Å². The molecule has 2 atom stereocenters. The number of carbonyl (C=O) groups is 1. The van der Waals surface area contributed by atoms with Crippen molar-refractivity contribution in [2.45, 2.75) is 24.7 Å². The van der Waals surface area contributed by atoms with Crippen molar-refractivity contribution in [1.82, 2.24) is 9.88 Å². The third kappa shape index (κ3) is 2.82. The molecule has 0 saturated heterocycles. The van der Waals surface area contributed by atoms with E-state index in [1.807, 2.05) is 23.8 Å². The second-order valence-electron chi connectivity index (χ2n) is 5.08. The largest absolute Gasteiger partial charge is 0.480 e. The summed E-state index contributed by atoms with van der Waals surface area (Å²) < 4.78 is 36.1. The van der Waals surface area contributed by atoms with E-state index in [-0.39, 0.29) is 11.6 Å². The highest BCUT2D eigenvalue weighted by atomic mass is 32.2. The summed E-state index contributed by atoms with van der Waals surface area (Å²) in [4.78, 5) is 12.2. The molecule has 3 rings (SSSR count). The summed E-state index contributed by atoms with van der Waals surface area (Å²) in [5.74, 6) is -0.738. The summed E-state index contributed by atoms with van der Waals surface area (Å²) in [6.45, 7) is 1.82. The predicted octanol–water partition coefficient (Wildman–Crippen LogP) is 1.19. The molecule has 1 aliphatic heterocycles. The fraction of sp³-hybridized carbons (Fsp3) is 0.286. The number of benzene rings is 1. The average molecular weight is 322 g/mol. The number of hydrogen-bond acceptors (Lipinski definition) is 6. The fourth-order valence-electron chi connectivity index (χ4n) is 2.40. The van der Waals surface area contributed by atoms with E-state index in [0.29, 0.717) is 5.75 Å². The third-order valence-corrected chi connectivity index (χ3v) is 4.65. The van der Waals surface area contributed by atoms with Gasteiger partial charge in [0.1, 0.15) is 23.5 Å². The topological polar surface area (TPSA) is 98.5 Å². The first-order chi connectivity index (χ1) is 10.5. The van der Waals surface area contributed by atoms with Gasteiger partial charge >= 0.3 is 0 Å². The predicted molar refractivity (Wildman–Crippen MR) is 76.5 cm³/mol. The second-order valence-corrected chi connectivity index (χ2v) is 6.80. The summed E-state index contributed by atoms with van der Waals surface area (Å²) in [5.41, 5.74) is 1.11. The number of ether oxygens (including phenoxy) is 1. The first kappa shape index (κ1) is 14.6. The van der Waals surface area contributed by atoms with Crippen molar-refractivity contribution >= 4 is 15.9 Å². The molecule has 0 aliphatic carbocycles. The molecule has 2 aromatic rings. The van der Waals surface area contributed by atoms with Crippen LogP contribution in [0.3, 0.4) is 0 Å². The number of rotatable bonds is 4. The van der Waals surface area contributed by atoms with Crippen LogP contribution >= 0.6 is 0 Å². The monoisotopic (exact) mass is 322 g/mol. The highest BCUT2D eigenvalue weighted by Gasteiger charge is 2.37. The molecule has 0 radical (unpaired) electrons. The van der Waals surface area contributed by atoms with Gasteiger partial charge in [0.05, 0.1) is 0 Å². The maximum atomic E-state index is 12.2. The first-order valence-corrected chi connectivity index (χ1v) is 8.31. The van der Waals surface area contributed by atoms with E-state index in [4.69, 9.17) is 4.74 Å². The summed E-state index contributed by atoms with van der Waals surface area (Å²) in [6, 6.07) is 8.68. The lowest BCUT2D eigenvalue weighted by atomic mass is 9.97. The van der Waals surface area contributed by atoms with E-state index in [2.05, 4.69) is 9.68 Å². The first-order valence-electron chi connectivity index (χ1n) is 6.65. The Morgan fingerprint density at radius 1 is 1.32 bits per heavy atom. The Bertz CT molecular complexity index is 785. The Kier molecular flexibility index (Phi) is 3.61. The quantitative estimate of drug-likeness (QED) is 0.907. The molecule has 1 aromatic carbocycles. The van der Waals surface area contributed by atoms with Gasteiger partial charge in [0, 0.05) is 17.5 Å². The molecule has 0 saturated carbocycles. The minimum Gasteiger partial charge on any atom is -0.480 e. The van der Waals surface area contributed by atoms with Crippen molar-refractivity contribution < 1.29 is 22.5 Å². The Hall–Kier alpha value is -2.35. The number of carbonyl (C=O) groups excluding carboxylic acids is 1. The number of fused-ring (bicyclic) bond motifs is 1. The molecular weight excluding hydrogens is 308 g/mol. The average Bonchev–Trinajstić information content (AvgIpc) is 3.06. The molecule has 0 unspecified atom stereocenters. The van der Waals surface area contributed by atoms with Crippen LogP contribution in [0.1, 0.15) is 24.1 Å². The number of aromatic nitrogens is 1. The van der Waals surface area contributed by atoms with E-state index in [0.717, 1.165) is 5.56 Å². The van der Waals surface area contributed by atoms with Crippen molar-refractivity contribution in [3.05, 3.63) is 47.9 Å². The lowest BCUT2D eigenvalue weighted by molar-refractivity contribution is -0.126. The molecule has 7 nitrogen and oxygen atoms in total. The number of nitrogens with one attached hydrogen (secondary N) is 1. The lowest BCUT2D eigenvalue weighted by Gasteiger charge is -2.15. The van der Waals surface area contributed by atoms with Crippen molar-refractivity contribution in [3.8, 4) is 5.75 Å². The molecule has 0 fully saturated rings. The lowest BCUT2D eigenvalue weighted by Crippen LogP contribution is -2.42. The summed E-state index contributed by atoms with van der Waals surface area (Å²) in [7, 11) is -3.85. The van der Waals surface area contributed by atoms with Gasteiger partial charge < -0.3 is 9.26 Å². The van der Waals surface area contributed by atoms with Crippen molar-refractivity contribution in [2.24, 2.45) is 0 Å². The van der Waals surface area contributed by atoms with Gasteiger partial charge in [0.2, 0.25) is 10.0 Å². The normalized spacial score (nSPS) is 20.2. The number of nitrogens with zero attached hydrogens (tertiary/aromatic N) is 1.